The summed E-state index contributed by atoms with van der Waals surface area (Å²) in [6, 6.07) is 66.4. The lowest BCUT2D eigenvalue weighted by Gasteiger charge is -2.28. The number of hydrogen-bond acceptors (Lipinski definition) is 5. The first-order chi connectivity index (χ1) is 35.5. The number of para-hydroxylation sites is 4. The first-order valence-corrected chi connectivity index (χ1v) is 29.5. The van der Waals surface area contributed by atoms with E-state index < -0.39 is 8.07 Å². The highest BCUT2D eigenvalue weighted by Crippen LogP contribution is 2.52. The Morgan fingerprint density at radius 3 is 1.12 bits per heavy atom. The molecule has 3 aromatic heterocycles. The molecule has 0 aliphatic heterocycles. The Bertz CT molecular complexity index is 4380. The van der Waals surface area contributed by atoms with Crippen molar-refractivity contribution in [2.24, 2.45) is 0 Å². The van der Waals surface area contributed by atoms with E-state index in [-0.39, 0.29) is 10.8 Å². The molecule has 13 aromatic rings. The van der Waals surface area contributed by atoms with E-state index in [1.165, 1.54) is 21.9 Å². The van der Waals surface area contributed by atoms with Gasteiger partial charge < -0.3 is 23.1 Å². The Morgan fingerprint density at radius 1 is 0.351 bits per heavy atom. The van der Waals surface area contributed by atoms with Crippen LogP contribution in [-0.4, -0.2) is 8.07 Å². The third-order valence-electron chi connectivity index (χ3n) is 15.3. The Hall–Kier alpha value is -8.06. The van der Waals surface area contributed by atoms with Crippen molar-refractivity contribution in [2.45, 2.75) is 78.9 Å². The second kappa shape index (κ2) is 16.5. The molecular weight excluding hydrogens is 921 g/mol. The van der Waals surface area contributed by atoms with E-state index >= 15 is 0 Å². The molecule has 0 saturated heterocycles. The number of hydrogen-bond donors (Lipinski definition) is 0. The summed E-state index contributed by atoms with van der Waals surface area (Å²) in [5.74, 6) is 0. The van der Waals surface area contributed by atoms with Gasteiger partial charge in [-0.05, 0) is 64.9 Å². The van der Waals surface area contributed by atoms with Crippen LogP contribution in [0.1, 0.15) is 58.2 Å². The summed E-state index contributed by atoms with van der Waals surface area (Å²) in [5.41, 5.74) is 14.5. The van der Waals surface area contributed by atoms with Gasteiger partial charge >= 0.3 is 0 Å². The number of furan rings is 3. The molecule has 0 aliphatic rings. The van der Waals surface area contributed by atoms with Crippen molar-refractivity contribution in [2.75, 3.05) is 9.80 Å². The van der Waals surface area contributed by atoms with Gasteiger partial charge in [0, 0.05) is 77.7 Å². The molecule has 0 aliphatic carbocycles. The third-order valence-corrected chi connectivity index (χ3v) is 17.4. The quantitative estimate of drug-likeness (QED) is 0.149. The van der Waals surface area contributed by atoms with Gasteiger partial charge in [-0.1, -0.05) is 205 Å². The number of nitrogens with zero attached hydrogens (tertiary/aromatic N) is 2. The summed E-state index contributed by atoms with van der Waals surface area (Å²) in [7, 11) is -1.61. The predicted octanol–water partition coefficient (Wildman–Crippen LogP) is 20.1. The minimum atomic E-state index is -1.61. The summed E-state index contributed by atoms with van der Waals surface area (Å²) in [5, 5.41) is 12.4. The first-order valence-electron chi connectivity index (χ1n) is 26.0. The number of aryl methyl sites for hydroxylation is 1. The Morgan fingerprint density at radius 2 is 0.716 bits per heavy atom. The van der Waals surface area contributed by atoms with Gasteiger partial charge in [-0.25, -0.2) is 0 Å². The van der Waals surface area contributed by atoms with E-state index in [0.29, 0.717) is 0 Å². The normalized spacial score (nSPS) is 12.7. The molecule has 0 spiro atoms. The van der Waals surface area contributed by atoms with Crippen LogP contribution in [0.2, 0.25) is 19.6 Å². The molecule has 0 N–H and O–H groups in total. The van der Waals surface area contributed by atoms with E-state index in [1.54, 1.807) is 0 Å². The zero-order chi connectivity index (χ0) is 51.0. The second-order valence-corrected chi connectivity index (χ2v) is 28.5. The lowest BCUT2D eigenvalue weighted by molar-refractivity contribution is 0.572. The second-order valence-electron chi connectivity index (χ2n) is 23.4. The molecule has 0 bridgehead atoms. The molecule has 3 heterocycles. The molecule has 364 valence electrons. The molecule has 10 aromatic carbocycles. The predicted molar refractivity (Wildman–Crippen MR) is 318 cm³/mol. The van der Waals surface area contributed by atoms with Gasteiger partial charge in [0.2, 0.25) is 0 Å². The lowest BCUT2D eigenvalue weighted by Crippen LogP contribution is -2.37. The monoisotopic (exact) mass is 980 g/mol. The smallest absolute Gasteiger partial charge is 0.159 e. The summed E-state index contributed by atoms with van der Waals surface area (Å²) < 4.78 is 21.6. The molecular formula is C68H60N2O3Si. The standard InChI is InChI=1S/C68H60N2O3Si/c1-41-31-33-42(34-32-41)69(55-29-17-25-51-49-23-15-27-53(67(2,3)4)63(49)72-65(51)55)57-39-59-61(47-21-13-11-19-45(47)57)62-48-22-14-12-20-46(48)58(40-60(62)71-59)70(43-35-37-44(38-36-43)74(8,9)10)56-30-18-26-52-50-24-16-28-54(68(5,6)7)64(50)73-66(52)56/h11-40H,1-10H3. The number of fused-ring (bicyclic) bond motifs is 13. The van der Waals surface area contributed by atoms with Crippen LogP contribution in [0.4, 0.5) is 34.1 Å². The number of rotatable bonds is 7. The van der Waals surface area contributed by atoms with Crippen LogP contribution < -0.4 is 15.0 Å². The molecule has 13 rings (SSSR count). The molecule has 0 unspecified atom stereocenters. The highest BCUT2D eigenvalue weighted by molar-refractivity contribution is 6.88. The van der Waals surface area contributed by atoms with Gasteiger partial charge in [0.15, 0.2) is 11.2 Å². The van der Waals surface area contributed by atoms with Gasteiger partial charge in [-0.3, -0.25) is 0 Å². The largest absolute Gasteiger partial charge is 0.456 e. The van der Waals surface area contributed by atoms with Gasteiger partial charge in [0.05, 0.1) is 30.8 Å². The summed E-state index contributed by atoms with van der Waals surface area (Å²) >= 11 is 0. The molecule has 74 heavy (non-hydrogen) atoms. The zero-order valence-corrected chi connectivity index (χ0v) is 44.9. The third kappa shape index (κ3) is 7.17. The fourth-order valence-corrected chi connectivity index (χ4v) is 12.8. The van der Waals surface area contributed by atoms with E-state index in [9.17, 15) is 0 Å². The maximum absolute atomic E-state index is 7.36. The van der Waals surface area contributed by atoms with Crippen molar-refractivity contribution in [1.29, 1.82) is 0 Å². The minimum Gasteiger partial charge on any atom is -0.456 e. The van der Waals surface area contributed by atoms with Gasteiger partial charge in [-0.15, -0.1) is 0 Å². The fraction of sp³-hybridized carbons (Fsp3) is 0.176. The van der Waals surface area contributed by atoms with E-state index in [4.69, 9.17) is 13.3 Å². The molecule has 6 heteroatoms. The maximum Gasteiger partial charge on any atom is 0.159 e. The number of anilines is 6. The Labute approximate surface area is 433 Å². The van der Waals surface area contributed by atoms with Crippen LogP contribution in [0, 0.1) is 6.92 Å². The van der Waals surface area contributed by atoms with E-state index in [2.05, 4.69) is 260 Å². The molecule has 0 amide bonds. The van der Waals surface area contributed by atoms with Gasteiger partial charge in [0.25, 0.3) is 0 Å². The van der Waals surface area contributed by atoms with Crippen molar-refractivity contribution < 1.29 is 13.3 Å². The summed E-state index contributed by atoms with van der Waals surface area (Å²) in [6.07, 6.45) is 0. The van der Waals surface area contributed by atoms with Crippen molar-refractivity contribution in [1.82, 2.24) is 0 Å². The van der Waals surface area contributed by atoms with Crippen molar-refractivity contribution >= 4 is 135 Å². The van der Waals surface area contributed by atoms with Crippen LogP contribution in [-0.2, 0) is 10.8 Å². The first kappa shape index (κ1) is 45.8. The molecule has 0 fully saturated rings. The van der Waals surface area contributed by atoms with Crippen LogP contribution in [0.5, 0.6) is 0 Å². The maximum atomic E-state index is 7.36. The van der Waals surface area contributed by atoms with Crippen molar-refractivity contribution in [3.05, 3.63) is 199 Å². The Kier molecular flexibility index (Phi) is 10.2. The molecule has 0 atom stereocenters. The molecule has 0 saturated carbocycles. The highest BCUT2D eigenvalue weighted by atomic mass is 28.3. The fourth-order valence-electron chi connectivity index (χ4n) is 11.6. The van der Waals surface area contributed by atoms with Gasteiger partial charge in [0.1, 0.15) is 22.3 Å². The van der Waals surface area contributed by atoms with E-state index in [1.807, 2.05) is 0 Å². The van der Waals surface area contributed by atoms with Crippen molar-refractivity contribution in [3.63, 3.8) is 0 Å². The number of benzene rings is 10. The summed E-state index contributed by atoms with van der Waals surface area (Å²) in [6.45, 7) is 22.9. The van der Waals surface area contributed by atoms with Crippen LogP contribution in [0.3, 0.4) is 0 Å². The average Bonchev–Trinajstić information content (AvgIpc) is 4.09. The SMILES string of the molecule is Cc1ccc(N(c2cc3oc4cc(N(c5ccc([Si](C)(C)C)cc5)c5cccc6c5oc5c(C(C)(C)C)cccc56)c5ccccc5c4c3c3ccccc23)c2cccc3c2oc2c(C(C)(C)C)cccc23)cc1. The molecule has 5 nitrogen and oxygen atoms in total. The summed E-state index contributed by atoms with van der Waals surface area (Å²) in [4.78, 5) is 4.76. The highest BCUT2D eigenvalue weighted by Gasteiger charge is 2.30. The zero-order valence-electron chi connectivity index (χ0n) is 43.9. The topological polar surface area (TPSA) is 45.9 Å². The van der Waals surface area contributed by atoms with Crippen LogP contribution in [0.15, 0.2) is 195 Å². The average molecular weight is 981 g/mol. The lowest BCUT2D eigenvalue weighted by atomic mass is 9.86. The minimum absolute atomic E-state index is 0.108. The Balaban J connectivity index is 1.09. The van der Waals surface area contributed by atoms with Crippen molar-refractivity contribution in [3.8, 4) is 0 Å². The van der Waals surface area contributed by atoms with E-state index in [0.717, 1.165) is 121 Å². The van der Waals surface area contributed by atoms with Crippen LogP contribution in [0.25, 0.3) is 87.4 Å². The molecule has 0 radical (unpaired) electrons. The van der Waals surface area contributed by atoms with Crippen LogP contribution >= 0.6 is 0 Å². The van der Waals surface area contributed by atoms with Gasteiger partial charge in [-0.2, -0.15) is 0 Å².